The van der Waals surface area contributed by atoms with Gasteiger partial charge in [0.05, 0.1) is 9.58 Å². The van der Waals surface area contributed by atoms with E-state index >= 15 is 0 Å². The van der Waals surface area contributed by atoms with Crippen LogP contribution in [0, 0.1) is 0 Å². The first-order valence-corrected chi connectivity index (χ1v) is 4.73. The van der Waals surface area contributed by atoms with Crippen LogP contribution in [0.1, 0.15) is 10.4 Å². The van der Waals surface area contributed by atoms with E-state index in [0.717, 1.165) is 9.40 Å². The van der Waals surface area contributed by atoms with Crippen LogP contribution in [0.5, 0.6) is 0 Å². The molecule has 0 unspecified atom stereocenters. The van der Waals surface area contributed by atoms with Gasteiger partial charge in [0.2, 0.25) is 0 Å². The molecule has 0 atom stereocenters. The summed E-state index contributed by atoms with van der Waals surface area (Å²) in [5.41, 5.74) is 0.422. The molecule has 2 aromatic rings. The minimum Gasteiger partial charge on any atom is -0.478 e. The lowest BCUT2D eigenvalue weighted by molar-refractivity contribution is 0.0699. The predicted octanol–water partition coefficient (Wildman–Crippen LogP) is 2.66. The average Bonchev–Trinajstić information content (AvgIpc) is 2.41. The monoisotopic (exact) mass is 184 g/mol. The van der Waals surface area contributed by atoms with Crippen molar-refractivity contribution < 1.29 is 9.90 Å². The maximum absolute atomic E-state index is 10.6. The third-order valence-corrected chi connectivity index (χ3v) is 3.51. The fraction of sp³-hybridized carbons (Fsp3) is 0. The van der Waals surface area contributed by atoms with Gasteiger partial charge >= 0.3 is 5.97 Å². The molecule has 2 nitrogen and oxygen atoms in total. The third-order valence-electron chi connectivity index (χ3n) is 1.43. The lowest BCUT2D eigenvalue weighted by Gasteiger charge is -1.83. The van der Waals surface area contributed by atoms with Crippen molar-refractivity contribution in [2.24, 2.45) is 0 Å². The molecule has 2 aromatic heterocycles. The summed E-state index contributed by atoms with van der Waals surface area (Å²) < 4.78 is 1.09. The van der Waals surface area contributed by atoms with Crippen LogP contribution in [0.15, 0.2) is 16.8 Å². The molecule has 0 fully saturated rings. The summed E-state index contributed by atoms with van der Waals surface area (Å²) in [5.74, 6) is -0.838. The molecule has 0 aliphatic heterocycles. The van der Waals surface area contributed by atoms with E-state index in [4.69, 9.17) is 5.11 Å². The summed E-state index contributed by atoms with van der Waals surface area (Å²) in [7, 11) is 0. The van der Waals surface area contributed by atoms with Gasteiger partial charge in [0.15, 0.2) is 0 Å². The van der Waals surface area contributed by atoms with Crippen molar-refractivity contribution in [2.45, 2.75) is 0 Å². The fourth-order valence-electron chi connectivity index (χ4n) is 0.928. The highest BCUT2D eigenvalue weighted by molar-refractivity contribution is 7.37. The molecule has 0 aliphatic rings. The molecule has 11 heavy (non-hydrogen) atoms. The van der Waals surface area contributed by atoms with Gasteiger partial charge in [-0.2, -0.15) is 0 Å². The zero-order valence-corrected chi connectivity index (χ0v) is 7.04. The lowest BCUT2D eigenvalue weighted by Crippen LogP contribution is -1.92. The summed E-state index contributed by atoms with van der Waals surface area (Å²) in [4.78, 5) is 10.6. The Kier molecular flexibility index (Phi) is 1.44. The summed E-state index contributed by atoms with van der Waals surface area (Å²) >= 11 is 3.07. The molecule has 0 amide bonds. The number of thiophene rings is 2. The molecule has 0 saturated carbocycles. The Morgan fingerprint density at radius 1 is 1.45 bits per heavy atom. The van der Waals surface area contributed by atoms with Gasteiger partial charge in [-0.1, -0.05) is 0 Å². The van der Waals surface area contributed by atoms with Crippen LogP contribution in [0.25, 0.3) is 9.40 Å². The maximum atomic E-state index is 10.6. The molecule has 0 aromatic carbocycles. The van der Waals surface area contributed by atoms with Crippen LogP contribution >= 0.6 is 22.7 Å². The first-order valence-electron chi connectivity index (χ1n) is 2.97. The normalized spacial score (nSPS) is 10.5. The molecule has 4 heteroatoms. The van der Waals surface area contributed by atoms with Gasteiger partial charge < -0.3 is 5.11 Å². The number of carboxylic acids is 1. The Labute approximate surface area is 70.7 Å². The predicted molar refractivity (Wildman–Crippen MR) is 46.7 cm³/mol. The quantitative estimate of drug-likeness (QED) is 0.739. The Morgan fingerprint density at radius 3 is 3.00 bits per heavy atom. The Bertz CT molecular complexity index is 399. The van der Waals surface area contributed by atoms with Gasteiger partial charge in [0.1, 0.15) is 0 Å². The Balaban J connectivity index is 2.78. The molecule has 0 radical (unpaired) electrons. The number of fused-ring (bicyclic) bond motifs is 1. The second kappa shape index (κ2) is 2.32. The van der Waals surface area contributed by atoms with Crippen molar-refractivity contribution in [3.05, 3.63) is 22.4 Å². The number of carboxylic acid groups (broad SMARTS) is 1. The first-order chi connectivity index (χ1) is 5.29. The number of hydrogen-bond donors (Lipinski definition) is 1. The number of aromatic carboxylic acids is 1. The van der Waals surface area contributed by atoms with Crippen LogP contribution in [0.4, 0.5) is 0 Å². The van der Waals surface area contributed by atoms with E-state index in [1.165, 1.54) is 11.3 Å². The van der Waals surface area contributed by atoms with Gasteiger partial charge in [0.25, 0.3) is 0 Å². The third kappa shape index (κ3) is 0.948. The van der Waals surface area contributed by atoms with Crippen molar-refractivity contribution >= 4 is 38.0 Å². The molecule has 56 valence electrons. The smallest absolute Gasteiger partial charge is 0.337 e. The minimum atomic E-state index is -0.838. The second-order valence-corrected chi connectivity index (χ2v) is 4.13. The van der Waals surface area contributed by atoms with E-state index in [2.05, 4.69) is 0 Å². The molecule has 0 saturated heterocycles. The minimum absolute atomic E-state index is 0.422. The lowest BCUT2D eigenvalue weighted by atomic mass is 10.2. The van der Waals surface area contributed by atoms with Gasteiger partial charge in [-0.3, -0.25) is 0 Å². The SMILES string of the molecule is O=C(O)c1csc2sccc12. The van der Waals surface area contributed by atoms with Crippen LogP contribution in [-0.2, 0) is 0 Å². The zero-order chi connectivity index (χ0) is 7.84. The number of hydrogen-bond acceptors (Lipinski definition) is 3. The molecular formula is C7H4O2S2. The standard InChI is InChI=1S/C7H4O2S2/c8-6(9)5-3-11-7-4(5)1-2-10-7/h1-3H,(H,8,9). The number of rotatable bonds is 1. The van der Waals surface area contributed by atoms with Gasteiger partial charge in [-0.05, 0) is 11.4 Å². The van der Waals surface area contributed by atoms with E-state index in [9.17, 15) is 4.79 Å². The van der Waals surface area contributed by atoms with Gasteiger partial charge in [0, 0.05) is 10.8 Å². The highest BCUT2D eigenvalue weighted by Gasteiger charge is 2.10. The van der Waals surface area contributed by atoms with Crippen molar-refractivity contribution in [3.63, 3.8) is 0 Å². The van der Waals surface area contributed by atoms with Crippen molar-refractivity contribution in [1.29, 1.82) is 0 Å². The number of carbonyl (C=O) groups is 1. The van der Waals surface area contributed by atoms with Crippen LogP contribution in [-0.4, -0.2) is 11.1 Å². The zero-order valence-electron chi connectivity index (χ0n) is 5.40. The summed E-state index contributed by atoms with van der Waals surface area (Å²) in [6.45, 7) is 0. The van der Waals surface area contributed by atoms with Crippen LogP contribution in [0.3, 0.4) is 0 Å². The van der Waals surface area contributed by atoms with E-state index < -0.39 is 5.97 Å². The van der Waals surface area contributed by atoms with Crippen molar-refractivity contribution in [2.75, 3.05) is 0 Å². The average molecular weight is 184 g/mol. The van der Waals surface area contributed by atoms with Crippen molar-refractivity contribution in [3.8, 4) is 0 Å². The molecule has 0 spiro atoms. The molecule has 2 rings (SSSR count). The topological polar surface area (TPSA) is 37.3 Å². The molecule has 0 bridgehead atoms. The van der Waals surface area contributed by atoms with E-state index in [0.29, 0.717) is 5.56 Å². The van der Waals surface area contributed by atoms with Crippen LogP contribution < -0.4 is 0 Å². The molecular weight excluding hydrogens is 180 g/mol. The second-order valence-electron chi connectivity index (χ2n) is 2.08. The van der Waals surface area contributed by atoms with Gasteiger partial charge in [-0.15, -0.1) is 22.7 Å². The van der Waals surface area contributed by atoms with Gasteiger partial charge in [-0.25, -0.2) is 4.79 Å². The maximum Gasteiger partial charge on any atom is 0.337 e. The highest BCUT2D eigenvalue weighted by Crippen LogP contribution is 2.30. The van der Waals surface area contributed by atoms with E-state index in [1.54, 1.807) is 16.7 Å². The highest BCUT2D eigenvalue weighted by atomic mass is 32.2. The summed E-state index contributed by atoms with van der Waals surface area (Å²) in [5, 5.41) is 13.2. The molecule has 1 N–H and O–H groups in total. The fourth-order valence-corrected chi connectivity index (χ4v) is 2.85. The van der Waals surface area contributed by atoms with Crippen LogP contribution in [0.2, 0.25) is 0 Å². The van der Waals surface area contributed by atoms with E-state index in [1.807, 2.05) is 11.4 Å². The molecule has 2 heterocycles. The summed E-state index contributed by atoms with van der Waals surface area (Å²) in [6.07, 6.45) is 0. The Hall–Kier alpha value is -0.870. The van der Waals surface area contributed by atoms with Crippen molar-refractivity contribution in [1.82, 2.24) is 0 Å². The largest absolute Gasteiger partial charge is 0.478 e. The Morgan fingerprint density at radius 2 is 2.27 bits per heavy atom. The summed E-state index contributed by atoms with van der Waals surface area (Å²) in [6, 6.07) is 1.85. The van der Waals surface area contributed by atoms with E-state index in [-0.39, 0.29) is 0 Å². The first kappa shape index (κ1) is 6.82. The molecule has 0 aliphatic carbocycles.